The van der Waals surface area contributed by atoms with Gasteiger partial charge in [0.25, 0.3) is 0 Å². The van der Waals surface area contributed by atoms with Crippen LogP contribution in [-0.4, -0.2) is 11.8 Å². The Morgan fingerprint density at radius 1 is 1.71 bits per heavy atom. The second-order valence-electron chi connectivity index (χ2n) is 0.945. The van der Waals surface area contributed by atoms with Gasteiger partial charge in [0.05, 0.1) is 0 Å². The van der Waals surface area contributed by atoms with E-state index < -0.39 is 0 Å². The molecule has 0 aromatic rings. The molecular formula is CH6ClN5. The van der Waals surface area contributed by atoms with Crippen molar-refractivity contribution in [1.82, 2.24) is 10.5 Å². The second kappa shape index (κ2) is 2.59. The first kappa shape index (κ1) is 6.45. The Balaban J connectivity index is 0.000000360. The summed E-state index contributed by atoms with van der Waals surface area (Å²) in [5.74, 6) is 5.05. The maximum absolute atomic E-state index is 5.05. The average molecular weight is 124 g/mol. The highest BCUT2D eigenvalue weighted by Gasteiger charge is 1.94. The van der Waals surface area contributed by atoms with Gasteiger partial charge in [-0.2, -0.15) is 5.12 Å². The van der Waals surface area contributed by atoms with Crippen molar-refractivity contribution in [2.24, 2.45) is 16.3 Å². The number of halogens is 1. The van der Waals surface area contributed by atoms with Gasteiger partial charge < -0.3 is 0 Å². The minimum Gasteiger partial charge on any atom is -0.267 e. The van der Waals surface area contributed by atoms with E-state index in [0.29, 0.717) is 6.67 Å². The summed E-state index contributed by atoms with van der Waals surface area (Å²) in [6.45, 7) is 0.514. The van der Waals surface area contributed by atoms with Crippen molar-refractivity contribution in [3.05, 3.63) is 0 Å². The maximum atomic E-state index is 5.05. The summed E-state index contributed by atoms with van der Waals surface area (Å²) in [7, 11) is 0. The van der Waals surface area contributed by atoms with Crippen LogP contribution in [0.4, 0.5) is 0 Å². The molecule has 0 aromatic heterocycles. The van der Waals surface area contributed by atoms with Crippen molar-refractivity contribution < 1.29 is 0 Å². The molecule has 1 rings (SSSR count). The lowest BCUT2D eigenvalue weighted by atomic mass is 11.2. The smallest absolute Gasteiger partial charge is 0.141 e. The highest BCUT2D eigenvalue weighted by molar-refractivity contribution is 5.85. The molecule has 0 saturated carbocycles. The number of nitrogens with one attached hydrogen (secondary N) is 1. The molecule has 6 heteroatoms. The number of rotatable bonds is 0. The molecule has 0 radical (unpaired) electrons. The van der Waals surface area contributed by atoms with E-state index >= 15 is 0 Å². The summed E-state index contributed by atoms with van der Waals surface area (Å²) < 4.78 is 0. The van der Waals surface area contributed by atoms with Crippen molar-refractivity contribution in [3.63, 3.8) is 0 Å². The minimum absolute atomic E-state index is 0. The maximum Gasteiger partial charge on any atom is 0.141 e. The Kier molecular flexibility index (Phi) is 2.39. The quantitative estimate of drug-likeness (QED) is 0.424. The Morgan fingerprint density at radius 3 is 2.57 bits per heavy atom. The van der Waals surface area contributed by atoms with Crippen molar-refractivity contribution in [2.75, 3.05) is 6.67 Å². The number of hydrazine groups is 1. The van der Waals surface area contributed by atoms with Gasteiger partial charge in [0, 0.05) is 0 Å². The summed E-state index contributed by atoms with van der Waals surface area (Å²) in [4.78, 5) is 0. The van der Waals surface area contributed by atoms with Crippen LogP contribution in [0.3, 0.4) is 0 Å². The fraction of sp³-hybridized carbons (Fsp3) is 1.00. The fourth-order valence-corrected chi connectivity index (χ4v) is 0.225. The van der Waals surface area contributed by atoms with E-state index in [1.165, 1.54) is 5.12 Å². The van der Waals surface area contributed by atoms with Gasteiger partial charge in [0.1, 0.15) is 6.67 Å². The number of nitrogens with zero attached hydrogens (tertiary/aromatic N) is 3. The fourth-order valence-electron chi connectivity index (χ4n) is 0.225. The Bertz CT molecular complexity index is 70.5. The van der Waals surface area contributed by atoms with Gasteiger partial charge in [-0.05, 0) is 5.22 Å². The molecule has 42 valence electrons. The first-order valence-corrected chi connectivity index (χ1v) is 1.55. The topological polar surface area (TPSA) is 66.0 Å². The molecule has 0 unspecified atom stereocenters. The third-order valence-electron chi connectivity index (χ3n) is 0.463. The summed E-state index contributed by atoms with van der Waals surface area (Å²) >= 11 is 0. The molecule has 5 nitrogen and oxygen atoms in total. The Morgan fingerprint density at radius 2 is 2.43 bits per heavy atom. The molecule has 0 atom stereocenters. The molecule has 0 aliphatic carbocycles. The van der Waals surface area contributed by atoms with Crippen LogP contribution in [0.25, 0.3) is 0 Å². The summed E-state index contributed by atoms with van der Waals surface area (Å²) in [5.41, 5.74) is 2.53. The van der Waals surface area contributed by atoms with Gasteiger partial charge in [-0.25, -0.2) is 5.84 Å². The SMILES string of the molecule is Cl.NN1CNN=N1. The average Bonchev–Trinajstić information content (AvgIpc) is 1.86. The molecular weight excluding hydrogens is 117 g/mol. The normalized spacial score (nSPS) is 15.9. The minimum atomic E-state index is 0. The molecule has 1 heterocycles. The molecule has 3 N–H and O–H groups in total. The van der Waals surface area contributed by atoms with Crippen LogP contribution < -0.4 is 11.3 Å². The van der Waals surface area contributed by atoms with Gasteiger partial charge in [-0.3, -0.25) is 5.43 Å². The molecule has 0 saturated heterocycles. The van der Waals surface area contributed by atoms with Crippen LogP contribution in [0.5, 0.6) is 0 Å². The number of hydrogen-bond acceptors (Lipinski definition) is 5. The van der Waals surface area contributed by atoms with E-state index in [-0.39, 0.29) is 12.4 Å². The molecule has 0 amide bonds. The molecule has 1 aliphatic heterocycles. The summed E-state index contributed by atoms with van der Waals surface area (Å²) in [6, 6.07) is 0. The van der Waals surface area contributed by atoms with Crippen LogP contribution in [0.15, 0.2) is 10.4 Å². The van der Waals surface area contributed by atoms with E-state index in [0.717, 1.165) is 0 Å². The lowest BCUT2D eigenvalue weighted by Gasteiger charge is -1.96. The number of hydrogen-bond donors (Lipinski definition) is 2. The first-order chi connectivity index (χ1) is 2.89. The lowest BCUT2D eigenvalue weighted by Crippen LogP contribution is -2.26. The van der Waals surface area contributed by atoms with Crippen LogP contribution in [0, 0.1) is 0 Å². The van der Waals surface area contributed by atoms with Crippen LogP contribution >= 0.6 is 12.4 Å². The molecule has 0 aromatic carbocycles. The third kappa shape index (κ3) is 1.56. The van der Waals surface area contributed by atoms with Crippen molar-refractivity contribution in [1.29, 1.82) is 0 Å². The standard InChI is InChI=1S/CH5N5.ClH/c2-6-1-3-4-5-6;/h1-2H2,(H,3,5);1H. The van der Waals surface area contributed by atoms with Crippen molar-refractivity contribution in [3.8, 4) is 0 Å². The zero-order valence-corrected chi connectivity index (χ0v) is 4.35. The lowest BCUT2D eigenvalue weighted by molar-refractivity contribution is 0.320. The van der Waals surface area contributed by atoms with Crippen LogP contribution in [0.2, 0.25) is 0 Å². The molecule has 0 spiro atoms. The van der Waals surface area contributed by atoms with E-state index in [2.05, 4.69) is 15.9 Å². The first-order valence-electron chi connectivity index (χ1n) is 1.55. The van der Waals surface area contributed by atoms with Gasteiger partial charge in [-0.1, -0.05) is 5.22 Å². The molecule has 1 aliphatic rings. The Labute approximate surface area is 46.9 Å². The zero-order chi connectivity index (χ0) is 4.41. The van der Waals surface area contributed by atoms with Crippen LogP contribution in [-0.2, 0) is 0 Å². The van der Waals surface area contributed by atoms with Gasteiger partial charge in [0.15, 0.2) is 0 Å². The Hall–Kier alpha value is -0.550. The monoisotopic (exact) mass is 123 g/mol. The highest BCUT2D eigenvalue weighted by atomic mass is 35.5. The second-order valence-corrected chi connectivity index (χ2v) is 0.945. The highest BCUT2D eigenvalue weighted by Crippen LogP contribution is 1.82. The predicted molar refractivity (Wildman–Crippen MR) is 26.1 cm³/mol. The van der Waals surface area contributed by atoms with Gasteiger partial charge in [-0.15, -0.1) is 12.4 Å². The van der Waals surface area contributed by atoms with Gasteiger partial charge >= 0.3 is 0 Å². The van der Waals surface area contributed by atoms with Crippen molar-refractivity contribution >= 4 is 12.4 Å². The van der Waals surface area contributed by atoms with E-state index in [1.54, 1.807) is 0 Å². The largest absolute Gasteiger partial charge is 0.267 e. The molecule has 7 heavy (non-hydrogen) atoms. The summed E-state index contributed by atoms with van der Waals surface area (Å²) in [5, 5.41) is 7.91. The third-order valence-corrected chi connectivity index (χ3v) is 0.463. The number of nitrogens with two attached hydrogens (primary N) is 1. The predicted octanol–water partition coefficient (Wildman–Crippen LogP) is -0.573. The molecule has 0 bridgehead atoms. The van der Waals surface area contributed by atoms with Gasteiger partial charge in [0.2, 0.25) is 0 Å². The van der Waals surface area contributed by atoms with Crippen molar-refractivity contribution in [2.45, 2.75) is 0 Å². The van der Waals surface area contributed by atoms with E-state index in [1.807, 2.05) is 0 Å². The zero-order valence-electron chi connectivity index (χ0n) is 3.53. The molecule has 0 fully saturated rings. The van der Waals surface area contributed by atoms with E-state index in [9.17, 15) is 0 Å². The van der Waals surface area contributed by atoms with E-state index in [4.69, 9.17) is 5.84 Å². The summed E-state index contributed by atoms with van der Waals surface area (Å²) in [6.07, 6.45) is 0. The van der Waals surface area contributed by atoms with Crippen LogP contribution in [0.1, 0.15) is 0 Å².